The number of nitrogens with zero attached hydrogens (tertiary/aromatic N) is 2. The highest BCUT2D eigenvalue weighted by atomic mass is 32.2. The second-order valence-corrected chi connectivity index (χ2v) is 5.67. The van der Waals surface area contributed by atoms with Gasteiger partial charge in [0.25, 0.3) is 0 Å². The first-order chi connectivity index (χ1) is 11.0. The maximum atomic E-state index is 14.1. The molecular weight excluding hydrogens is 323 g/mol. The zero-order valence-electron chi connectivity index (χ0n) is 12.3. The molecule has 0 radical (unpaired) electrons. The molecule has 1 unspecified atom stereocenters. The Morgan fingerprint density at radius 1 is 1.39 bits per heavy atom. The molecular formula is C15H15FN2O4S. The van der Waals surface area contributed by atoms with Crippen LogP contribution in [0.2, 0.25) is 0 Å². The van der Waals surface area contributed by atoms with E-state index in [4.69, 9.17) is 0 Å². The van der Waals surface area contributed by atoms with E-state index in [2.05, 4.69) is 9.72 Å². The van der Waals surface area contributed by atoms with Gasteiger partial charge in [-0.15, -0.1) is 0 Å². The zero-order valence-corrected chi connectivity index (χ0v) is 13.1. The van der Waals surface area contributed by atoms with Gasteiger partial charge in [-0.05, 0) is 23.8 Å². The van der Waals surface area contributed by atoms with Gasteiger partial charge in [0, 0.05) is 31.0 Å². The number of esters is 1. The highest BCUT2D eigenvalue weighted by Gasteiger charge is 2.16. The van der Waals surface area contributed by atoms with Crippen LogP contribution in [0.25, 0.3) is 0 Å². The highest BCUT2D eigenvalue weighted by Crippen LogP contribution is 2.16. The smallest absolute Gasteiger partial charge is 0.337 e. The molecule has 1 aromatic carbocycles. The zero-order chi connectivity index (χ0) is 16.8. The van der Waals surface area contributed by atoms with Gasteiger partial charge in [-0.1, -0.05) is 12.1 Å². The maximum absolute atomic E-state index is 14.1. The van der Waals surface area contributed by atoms with Crippen LogP contribution < -0.4 is 0 Å². The van der Waals surface area contributed by atoms with Gasteiger partial charge in [-0.3, -0.25) is 9.54 Å². The normalized spacial score (nSPS) is 12.2. The molecule has 0 saturated heterocycles. The monoisotopic (exact) mass is 338 g/mol. The van der Waals surface area contributed by atoms with Gasteiger partial charge in [0.15, 0.2) is 0 Å². The van der Waals surface area contributed by atoms with Crippen molar-refractivity contribution in [3.8, 4) is 0 Å². The fourth-order valence-electron chi connectivity index (χ4n) is 1.97. The lowest BCUT2D eigenvalue weighted by molar-refractivity contribution is 0.0600. The van der Waals surface area contributed by atoms with Crippen molar-refractivity contribution in [1.82, 2.24) is 9.29 Å². The van der Waals surface area contributed by atoms with Crippen molar-refractivity contribution < 1.29 is 22.7 Å². The summed E-state index contributed by atoms with van der Waals surface area (Å²) in [4.78, 5) is 15.3. The van der Waals surface area contributed by atoms with Crippen LogP contribution in [0, 0.1) is 5.82 Å². The first-order valence-corrected chi connectivity index (χ1v) is 7.69. The quantitative estimate of drug-likeness (QED) is 0.645. The van der Waals surface area contributed by atoms with Crippen LogP contribution in [0.15, 0.2) is 42.7 Å². The van der Waals surface area contributed by atoms with Crippen LogP contribution in [0.5, 0.6) is 0 Å². The number of hydrogen-bond acceptors (Lipinski definition) is 4. The van der Waals surface area contributed by atoms with E-state index in [1.165, 1.54) is 23.5 Å². The molecule has 0 amide bonds. The third-order valence-electron chi connectivity index (χ3n) is 3.12. The number of rotatable bonds is 6. The lowest BCUT2D eigenvalue weighted by Gasteiger charge is -2.18. The number of methoxy groups -OCH3 is 1. The molecule has 2 aromatic rings. The molecule has 2 rings (SSSR count). The summed E-state index contributed by atoms with van der Waals surface area (Å²) < 4.78 is 40.6. The number of ether oxygens (including phenoxy) is 1. The Kier molecular flexibility index (Phi) is 5.91. The van der Waals surface area contributed by atoms with Crippen LogP contribution in [0.3, 0.4) is 0 Å². The van der Waals surface area contributed by atoms with E-state index in [1.807, 2.05) is 0 Å². The van der Waals surface area contributed by atoms with Gasteiger partial charge in [0.2, 0.25) is 11.3 Å². The van der Waals surface area contributed by atoms with E-state index >= 15 is 0 Å². The number of benzene rings is 1. The van der Waals surface area contributed by atoms with Gasteiger partial charge in [0.05, 0.1) is 12.7 Å². The van der Waals surface area contributed by atoms with Gasteiger partial charge in [-0.25, -0.2) is 13.4 Å². The molecule has 0 aliphatic carbocycles. The average molecular weight is 338 g/mol. The molecule has 0 bridgehead atoms. The molecule has 1 heterocycles. The second kappa shape index (κ2) is 7.91. The van der Waals surface area contributed by atoms with Crippen molar-refractivity contribution in [2.45, 2.75) is 13.1 Å². The minimum Gasteiger partial charge on any atom is -0.465 e. The first-order valence-electron chi connectivity index (χ1n) is 6.63. The van der Waals surface area contributed by atoms with Gasteiger partial charge in [0.1, 0.15) is 5.82 Å². The molecule has 8 heteroatoms. The molecule has 0 aliphatic rings. The predicted molar refractivity (Wildman–Crippen MR) is 82.0 cm³/mol. The van der Waals surface area contributed by atoms with Crippen molar-refractivity contribution in [3.05, 3.63) is 65.2 Å². The van der Waals surface area contributed by atoms with Crippen LogP contribution in [0.4, 0.5) is 4.39 Å². The Bertz CT molecular complexity index is 712. The van der Waals surface area contributed by atoms with Crippen molar-refractivity contribution in [3.63, 3.8) is 0 Å². The van der Waals surface area contributed by atoms with Crippen LogP contribution in [-0.4, -0.2) is 31.1 Å². The standard InChI is InChI=1S/C15H15FN2O4S/c1-22-15(19)12-4-5-13(14(16)7-12)10-18(23(20)21)9-11-3-2-6-17-8-11/h2-8H,9-10H2,1H3,(H,20,21). The minimum atomic E-state index is -2.28. The molecule has 0 saturated carbocycles. The molecule has 1 N–H and O–H groups in total. The number of carbonyl (C=O) groups excluding carboxylic acids is 1. The number of carbonyl (C=O) groups is 1. The average Bonchev–Trinajstić information content (AvgIpc) is 2.55. The summed E-state index contributed by atoms with van der Waals surface area (Å²) in [7, 11) is 1.21. The first kappa shape index (κ1) is 17.2. The lowest BCUT2D eigenvalue weighted by atomic mass is 10.1. The summed E-state index contributed by atoms with van der Waals surface area (Å²) >= 11 is -2.28. The summed E-state index contributed by atoms with van der Waals surface area (Å²) in [6.45, 7) is 0.0421. The summed E-state index contributed by atoms with van der Waals surface area (Å²) in [6.07, 6.45) is 3.16. The lowest BCUT2D eigenvalue weighted by Crippen LogP contribution is -2.25. The van der Waals surface area contributed by atoms with Gasteiger partial charge >= 0.3 is 5.97 Å². The van der Waals surface area contributed by atoms with E-state index in [1.54, 1.807) is 24.5 Å². The number of pyridine rings is 1. The van der Waals surface area contributed by atoms with E-state index in [0.717, 1.165) is 11.6 Å². The Labute approximate surface area is 135 Å². The summed E-state index contributed by atoms with van der Waals surface area (Å²) in [5.74, 6) is -1.29. The predicted octanol–water partition coefficient (Wildman–Crippen LogP) is 2.15. The van der Waals surface area contributed by atoms with E-state index in [0.29, 0.717) is 0 Å². The van der Waals surface area contributed by atoms with Crippen molar-refractivity contribution in [2.75, 3.05) is 7.11 Å². The third kappa shape index (κ3) is 4.65. The third-order valence-corrected chi connectivity index (χ3v) is 3.82. The molecule has 6 nitrogen and oxygen atoms in total. The van der Waals surface area contributed by atoms with Gasteiger partial charge in [-0.2, -0.15) is 4.31 Å². The molecule has 1 aromatic heterocycles. The Balaban J connectivity index is 2.17. The fraction of sp³-hybridized carbons (Fsp3) is 0.200. The van der Waals surface area contributed by atoms with Crippen molar-refractivity contribution in [1.29, 1.82) is 0 Å². The summed E-state index contributed by atoms with van der Waals surface area (Å²) in [5, 5.41) is 0. The van der Waals surface area contributed by atoms with Crippen molar-refractivity contribution in [2.24, 2.45) is 0 Å². The maximum Gasteiger partial charge on any atom is 0.337 e. The minimum absolute atomic E-state index is 0.0812. The van der Waals surface area contributed by atoms with E-state index in [-0.39, 0.29) is 24.2 Å². The number of hydrogen-bond donors (Lipinski definition) is 1. The molecule has 0 spiro atoms. The summed E-state index contributed by atoms with van der Waals surface area (Å²) in [5.41, 5.74) is 1.00. The van der Waals surface area contributed by atoms with Gasteiger partial charge < -0.3 is 4.74 Å². The SMILES string of the molecule is COC(=O)c1ccc(CN(Cc2cccnc2)S(=O)O)c(F)c1. The molecule has 23 heavy (non-hydrogen) atoms. The number of halogens is 1. The Morgan fingerprint density at radius 3 is 2.74 bits per heavy atom. The van der Waals surface area contributed by atoms with Crippen molar-refractivity contribution >= 4 is 17.2 Å². The second-order valence-electron chi connectivity index (χ2n) is 4.69. The Morgan fingerprint density at radius 2 is 2.17 bits per heavy atom. The Hall–Kier alpha value is -2.16. The highest BCUT2D eigenvalue weighted by molar-refractivity contribution is 7.76. The topological polar surface area (TPSA) is 79.7 Å². The summed E-state index contributed by atoms with van der Waals surface area (Å²) in [6, 6.07) is 7.31. The van der Waals surface area contributed by atoms with Crippen LogP contribution in [0.1, 0.15) is 21.5 Å². The fourth-order valence-corrected chi connectivity index (χ4v) is 2.48. The molecule has 122 valence electrons. The van der Waals surface area contributed by atoms with Crippen LogP contribution in [-0.2, 0) is 29.1 Å². The van der Waals surface area contributed by atoms with E-state index < -0.39 is 23.1 Å². The van der Waals surface area contributed by atoms with E-state index in [9.17, 15) is 17.9 Å². The molecule has 1 atom stereocenters. The van der Waals surface area contributed by atoms with Crippen LogP contribution >= 0.6 is 0 Å². The largest absolute Gasteiger partial charge is 0.465 e. The molecule has 0 aliphatic heterocycles. The number of aromatic nitrogens is 1. The molecule has 0 fully saturated rings.